The normalized spacial score (nSPS) is 21.3. The Kier molecular flexibility index (Phi) is 5.96. The second-order valence-corrected chi connectivity index (χ2v) is 9.40. The van der Waals surface area contributed by atoms with Crippen LogP contribution in [-0.2, 0) is 16.0 Å². The number of hydrogen-bond acceptors (Lipinski definition) is 6. The van der Waals surface area contributed by atoms with Gasteiger partial charge in [0.15, 0.2) is 11.4 Å². The van der Waals surface area contributed by atoms with Crippen molar-refractivity contribution in [2.45, 2.75) is 39.2 Å². The van der Waals surface area contributed by atoms with E-state index in [0.29, 0.717) is 5.92 Å². The molecule has 2 unspecified atom stereocenters. The van der Waals surface area contributed by atoms with E-state index in [0.717, 1.165) is 24.8 Å². The summed E-state index contributed by atoms with van der Waals surface area (Å²) >= 11 is 0. The predicted molar refractivity (Wildman–Crippen MR) is 131 cm³/mol. The number of amides is 1. The Morgan fingerprint density at radius 1 is 1.17 bits per heavy atom. The summed E-state index contributed by atoms with van der Waals surface area (Å²) in [5.74, 6) is -1.11. The van der Waals surface area contributed by atoms with Crippen LogP contribution in [0.4, 0.5) is 0 Å². The minimum absolute atomic E-state index is 0.0295. The number of benzene rings is 1. The maximum atomic E-state index is 13.4. The lowest BCUT2D eigenvalue weighted by molar-refractivity contribution is -0.141. The summed E-state index contributed by atoms with van der Waals surface area (Å²) in [7, 11) is 0. The van der Waals surface area contributed by atoms with Crippen molar-refractivity contribution in [3.63, 3.8) is 0 Å². The molecule has 35 heavy (non-hydrogen) atoms. The minimum Gasteiger partial charge on any atom is -0.502 e. The molecule has 8 heteroatoms. The van der Waals surface area contributed by atoms with Crippen molar-refractivity contribution >= 4 is 11.9 Å². The van der Waals surface area contributed by atoms with Crippen molar-refractivity contribution in [3.05, 3.63) is 86.9 Å². The zero-order valence-corrected chi connectivity index (χ0v) is 19.9. The Bertz CT molecular complexity index is 1310. The van der Waals surface area contributed by atoms with E-state index < -0.39 is 23.1 Å². The number of esters is 1. The number of pyridine rings is 1. The lowest BCUT2D eigenvalue weighted by atomic mass is 9.84. The Labute approximate surface area is 203 Å². The van der Waals surface area contributed by atoms with Crippen LogP contribution in [0.15, 0.2) is 64.6 Å². The van der Waals surface area contributed by atoms with Gasteiger partial charge in [-0.1, -0.05) is 43.3 Å². The molecule has 8 nitrogen and oxygen atoms in total. The Morgan fingerprint density at radius 2 is 1.97 bits per heavy atom. The zero-order chi connectivity index (χ0) is 24.7. The van der Waals surface area contributed by atoms with Crippen molar-refractivity contribution in [2.24, 2.45) is 5.92 Å². The maximum Gasteiger partial charge on any atom is 0.302 e. The molecule has 0 bridgehead atoms. The van der Waals surface area contributed by atoms with E-state index in [1.807, 2.05) is 17.1 Å². The summed E-state index contributed by atoms with van der Waals surface area (Å²) in [6.45, 7) is 3.90. The third-order valence-corrected chi connectivity index (χ3v) is 7.02. The van der Waals surface area contributed by atoms with Gasteiger partial charge in [-0.25, -0.2) is 0 Å². The van der Waals surface area contributed by atoms with E-state index in [4.69, 9.17) is 4.74 Å². The van der Waals surface area contributed by atoms with Gasteiger partial charge in [0.1, 0.15) is 13.3 Å². The van der Waals surface area contributed by atoms with Gasteiger partial charge in [-0.2, -0.15) is 0 Å². The number of hydrogen-bond donors (Lipinski definition) is 1. The Hall–Kier alpha value is -3.81. The lowest BCUT2D eigenvalue weighted by Gasteiger charge is -2.45. The van der Waals surface area contributed by atoms with Crippen LogP contribution in [0.5, 0.6) is 5.75 Å². The molecule has 5 rings (SSSR count). The van der Waals surface area contributed by atoms with E-state index in [1.54, 1.807) is 10.9 Å². The number of fused-ring (bicyclic) bond motifs is 2. The third kappa shape index (κ3) is 4.13. The monoisotopic (exact) mass is 475 g/mol. The number of aromatic nitrogens is 1. The van der Waals surface area contributed by atoms with Gasteiger partial charge in [-0.05, 0) is 47.5 Å². The molecule has 2 atom stereocenters. The topological polar surface area (TPSA) is 92.1 Å². The van der Waals surface area contributed by atoms with Crippen molar-refractivity contribution in [3.8, 4) is 5.75 Å². The molecule has 0 fully saturated rings. The van der Waals surface area contributed by atoms with Crippen LogP contribution in [0.1, 0.15) is 54.3 Å². The molecule has 0 saturated carbocycles. The largest absolute Gasteiger partial charge is 0.502 e. The van der Waals surface area contributed by atoms with Crippen molar-refractivity contribution in [2.75, 3.05) is 24.8 Å². The smallest absolute Gasteiger partial charge is 0.302 e. The SMILES string of the molecule is CC(=O)OCCN1CN(C2C3=C(C=CC(C)C3)CCc3ccccc32)n2ccc(=O)c(O)c2C1=O. The second-order valence-electron chi connectivity index (χ2n) is 9.40. The number of rotatable bonds is 4. The molecule has 1 aliphatic heterocycles. The van der Waals surface area contributed by atoms with Crippen molar-refractivity contribution in [1.82, 2.24) is 9.58 Å². The molecule has 2 aromatic rings. The first kappa shape index (κ1) is 23.0. The van der Waals surface area contributed by atoms with Crippen LogP contribution in [0.3, 0.4) is 0 Å². The fourth-order valence-corrected chi connectivity index (χ4v) is 5.36. The molecule has 0 saturated heterocycles. The molecule has 0 spiro atoms. The van der Waals surface area contributed by atoms with E-state index in [1.165, 1.54) is 34.6 Å². The zero-order valence-electron chi connectivity index (χ0n) is 19.9. The van der Waals surface area contributed by atoms with Gasteiger partial charge in [0.25, 0.3) is 5.91 Å². The summed E-state index contributed by atoms with van der Waals surface area (Å²) < 4.78 is 6.72. The third-order valence-electron chi connectivity index (χ3n) is 7.02. The first-order valence-electron chi connectivity index (χ1n) is 12.0. The molecule has 3 aliphatic rings. The van der Waals surface area contributed by atoms with E-state index >= 15 is 0 Å². The van der Waals surface area contributed by atoms with Gasteiger partial charge in [-0.15, -0.1) is 0 Å². The molecule has 182 valence electrons. The van der Waals surface area contributed by atoms with Crippen LogP contribution in [-0.4, -0.2) is 46.4 Å². The van der Waals surface area contributed by atoms with E-state index in [2.05, 4.69) is 31.2 Å². The highest BCUT2D eigenvalue weighted by molar-refractivity contribution is 5.96. The molecule has 1 aromatic heterocycles. The average Bonchev–Trinajstić information content (AvgIpc) is 2.99. The number of carbonyl (C=O) groups excluding carboxylic acids is 2. The summed E-state index contributed by atoms with van der Waals surface area (Å²) in [4.78, 5) is 38.5. The Balaban J connectivity index is 1.67. The van der Waals surface area contributed by atoms with E-state index in [-0.39, 0.29) is 31.6 Å². The second kappa shape index (κ2) is 9.09. The van der Waals surface area contributed by atoms with Gasteiger partial charge in [-0.3, -0.25) is 24.1 Å². The summed E-state index contributed by atoms with van der Waals surface area (Å²) in [5.41, 5.74) is 4.28. The molecule has 0 radical (unpaired) electrons. The van der Waals surface area contributed by atoms with Crippen molar-refractivity contribution in [1.29, 1.82) is 0 Å². The number of carbonyl (C=O) groups is 2. The minimum atomic E-state index is -0.609. The molecular weight excluding hydrogens is 446 g/mol. The molecule has 1 amide bonds. The van der Waals surface area contributed by atoms with Gasteiger partial charge >= 0.3 is 5.97 Å². The quantitative estimate of drug-likeness (QED) is 0.684. The average molecular weight is 476 g/mol. The highest BCUT2D eigenvalue weighted by Gasteiger charge is 2.39. The molecular formula is C27H29N3O5. The van der Waals surface area contributed by atoms with Crippen LogP contribution in [0.2, 0.25) is 0 Å². The number of nitrogens with zero attached hydrogens (tertiary/aromatic N) is 3. The number of aromatic hydroxyl groups is 1. The first-order chi connectivity index (χ1) is 16.8. The number of ether oxygens (including phenoxy) is 1. The van der Waals surface area contributed by atoms with Gasteiger partial charge in [0.05, 0.1) is 12.6 Å². The van der Waals surface area contributed by atoms with Crippen LogP contribution >= 0.6 is 0 Å². The van der Waals surface area contributed by atoms with E-state index in [9.17, 15) is 19.5 Å². The predicted octanol–water partition coefficient (Wildman–Crippen LogP) is 3.05. The summed E-state index contributed by atoms with van der Waals surface area (Å²) in [5, 5.41) is 12.7. The molecule has 1 aromatic carbocycles. The Morgan fingerprint density at radius 3 is 2.77 bits per heavy atom. The van der Waals surface area contributed by atoms with Crippen LogP contribution in [0.25, 0.3) is 0 Å². The van der Waals surface area contributed by atoms with Gasteiger partial charge < -0.3 is 14.7 Å². The fourth-order valence-electron chi connectivity index (χ4n) is 5.36. The molecule has 2 heterocycles. The highest BCUT2D eigenvalue weighted by atomic mass is 16.5. The highest BCUT2D eigenvalue weighted by Crippen LogP contribution is 2.43. The summed E-state index contributed by atoms with van der Waals surface area (Å²) in [6.07, 6.45) is 8.75. The molecule has 2 aliphatic carbocycles. The number of aryl methyl sites for hydroxylation is 1. The van der Waals surface area contributed by atoms with Gasteiger partial charge in [0.2, 0.25) is 5.43 Å². The standard InChI is InChI=1S/C27H29N3O5/c1-17-7-8-20-10-9-19-5-3-4-6-21(19)24(22(20)15-17)30-16-28(13-14-35-18(2)31)27(34)25-26(33)23(32)11-12-29(25)30/h3-8,11-12,17,24,33H,9-10,13-16H2,1-2H3. The van der Waals surface area contributed by atoms with Crippen molar-refractivity contribution < 1.29 is 19.4 Å². The van der Waals surface area contributed by atoms with Crippen LogP contribution in [0, 0.1) is 5.92 Å². The molecule has 1 N–H and O–H groups in total. The van der Waals surface area contributed by atoms with Gasteiger partial charge in [0, 0.05) is 19.2 Å². The summed E-state index contributed by atoms with van der Waals surface area (Å²) in [6, 6.07) is 9.43. The first-order valence-corrected chi connectivity index (χ1v) is 12.0. The number of allylic oxidation sites excluding steroid dienone is 3. The fraction of sp³-hybridized carbons (Fsp3) is 0.370. The lowest BCUT2D eigenvalue weighted by Crippen LogP contribution is -2.56. The maximum absolute atomic E-state index is 13.4. The van der Waals surface area contributed by atoms with Crippen LogP contribution < -0.4 is 10.4 Å².